The summed E-state index contributed by atoms with van der Waals surface area (Å²) >= 11 is 1.98. The number of ether oxygens (including phenoxy) is 1. The fourth-order valence-electron chi connectivity index (χ4n) is 1.93. The Bertz CT molecular complexity index is 600. The third-order valence-corrected chi connectivity index (χ3v) is 3.94. The second-order valence-electron chi connectivity index (χ2n) is 6.74. The first-order valence-electron chi connectivity index (χ1n) is 7.60. The number of hydrogen-bond donors (Lipinski definition) is 0. The molecular weight excluding hydrogens is 426 g/mol. The Balaban J connectivity index is 2.97. The van der Waals surface area contributed by atoms with E-state index in [1.54, 1.807) is 26.8 Å². The van der Waals surface area contributed by atoms with Gasteiger partial charge in [0.25, 0.3) is 5.91 Å². The summed E-state index contributed by atoms with van der Waals surface area (Å²) in [7, 11) is 3.75. The molecule has 24 heavy (non-hydrogen) atoms. The number of rotatable bonds is 6. The van der Waals surface area contributed by atoms with Gasteiger partial charge in [-0.2, -0.15) is 0 Å². The molecule has 0 aliphatic rings. The van der Waals surface area contributed by atoms with Crippen LogP contribution in [0.1, 0.15) is 31.1 Å². The molecule has 0 fully saturated rings. The smallest absolute Gasteiger partial charge is 0.326 e. The van der Waals surface area contributed by atoms with E-state index in [-0.39, 0.29) is 18.0 Å². The second-order valence-corrected chi connectivity index (χ2v) is 7.90. The van der Waals surface area contributed by atoms with Crippen LogP contribution in [0.5, 0.6) is 0 Å². The molecule has 0 bridgehead atoms. The van der Waals surface area contributed by atoms with Crippen LogP contribution in [-0.4, -0.2) is 61.0 Å². The first kappa shape index (κ1) is 20.8. The van der Waals surface area contributed by atoms with E-state index >= 15 is 0 Å². The first-order valence-corrected chi connectivity index (χ1v) is 8.68. The van der Waals surface area contributed by atoms with Crippen molar-refractivity contribution in [3.63, 3.8) is 0 Å². The van der Waals surface area contributed by atoms with E-state index < -0.39 is 17.4 Å². The van der Waals surface area contributed by atoms with E-state index in [0.29, 0.717) is 16.7 Å². The van der Waals surface area contributed by atoms with E-state index in [1.807, 2.05) is 41.6 Å². The van der Waals surface area contributed by atoms with Gasteiger partial charge >= 0.3 is 5.97 Å². The predicted octanol–water partition coefficient (Wildman–Crippen LogP) is 2.78. The maximum Gasteiger partial charge on any atom is 0.326 e. The normalized spacial score (nSPS) is 11.5. The monoisotopic (exact) mass is 450 g/mol. The van der Waals surface area contributed by atoms with Crippen molar-refractivity contribution in [3.05, 3.63) is 33.1 Å². The van der Waals surface area contributed by atoms with Crippen LogP contribution in [0, 0.1) is 9.39 Å². The van der Waals surface area contributed by atoms with Crippen LogP contribution in [0.2, 0.25) is 0 Å². The molecule has 1 amide bonds. The van der Waals surface area contributed by atoms with Crippen LogP contribution in [0.15, 0.2) is 18.2 Å². The van der Waals surface area contributed by atoms with Crippen LogP contribution in [0.25, 0.3) is 0 Å². The number of amides is 1. The molecule has 0 N–H and O–H groups in total. The zero-order valence-electron chi connectivity index (χ0n) is 14.7. The van der Waals surface area contributed by atoms with Gasteiger partial charge in [-0.15, -0.1) is 0 Å². The summed E-state index contributed by atoms with van der Waals surface area (Å²) in [4.78, 5) is 28.2. The lowest BCUT2D eigenvalue weighted by Crippen LogP contribution is -2.42. The van der Waals surface area contributed by atoms with Crippen molar-refractivity contribution in [1.29, 1.82) is 0 Å². The fourth-order valence-corrected chi connectivity index (χ4v) is 2.50. The zero-order valence-corrected chi connectivity index (χ0v) is 16.9. The van der Waals surface area contributed by atoms with Crippen molar-refractivity contribution in [3.8, 4) is 0 Å². The van der Waals surface area contributed by atoms with Crippen LogP contribution in [0.4, 0.5) is 4.39 Å². The van der Waals surface area contributed by atoms with Crippen molar-refractivity contribution in [2.24, 2.45) is 0 Å². The van der Waals surface area contributed by atoms with E-state index in [0.717, 1.165) is 0 Å². The SMILES string of the molecule is CN(C)CCN(CC(=O)OC(C)(C)C)C(=O)c1cc(F)ccc1I. The van der Waals surface area contributed by atoms with Crippen LogP contribution < -0.4 is 0 Å². The molecule has 0 radical (unpaired) electrons. The van der Waals surface area contributed by atoms with Gasteiger partial charge in [-0.05, 0) is 75.7 Å². The van der Waals surface area contributed by atoms with Gasteiger partial charge in [0.05, 0.1) is 5.56 Å². The molecule has 0 heterocycles. The molecular formula is C17H24FIN2O3. The number of esters is 1. The molecule has 1 aromatic carbocycles. The second kappa shape index (κ2) is 8.75. The van der Waals surface area contributed by atoms with Crippen molar-refractivity contribution < 1.29 is 18.7 Å². The topological polar surface area (TPSA) is 49.9 Å². The molecule has 0 saturated heterocycles. The summed E-state index contributed by atoms with van der Waals surface area (Å²) in [6, 6.07) is 4.04. The summed E-state index contributed by atoms with van der Waals surface area (Å²) in [5.41, 5.74) is -0.376. The molecule has 134 valence electrons. The number of hydrogen-bond acceptors (Lipinski definition) is 4. The standard InChI is InChI=1S/C17H24FIN2O3/c1-17(2,3)24-15(22)11-21(9-8-20(4)5)16(23)13-10-12(18)6-7-14(13)19/h6-7,10H,8-9,11H2,1-5H3. The largest absolute Gasteiger partial charge is 0.459 e. The molecule has 7 heteroatoms. The Kier molecular flexibility index (Phi) is 7.59. The van der Waals surface area contributed by atoms with E-state index in [1.165, 1.54) is 17.0 Å². The minimum absolute atomic E-state index is 0.170. The summed E-state index contributed by atoms with van der Waals surface area (Å²) in [5, 5.41) is 0. The first-order chi connectivity index (χ1) is 11.0. The van der Waals surface area contributed by atoms with Gasteiger partial charge in [-0.25, -0.2) is 4.39 Å². The van der Waals surface area contributed by atoms with Gasteiger partial charge in [-0.1, -0.05) is 0 Å². The average molecular weight is 450 g/mol. The Morgan fingerprint density at radius 1 is 1.21 bits per heavy atom. The molecule has 0 aliphatic carbocycles. The Morgan fingerprint density at radius 3 is 2.38 bits per heavy atom. The highest BCUT2D eigenvalue weighted by atomic mass is 127. The molecule has 0 unspecified atom stereocenters. The van der Waals surface area contributed by atoms with Gasteiger partial charge in [0, 0.05) is 16.7 Å². The fraction of sp³-hybridized carbons (Fsp3) is 0.529. The molecule has 1 aromatic rings. The number of carbonyl (C=O) groups is 2. The van der Waals surface area contributed by atoms with Crippen LogP contribution in [-0.2, 0) is 9.53 Å². The highest BCUT2D eigenvalue weighted by Gasteiger charge is 2.24. The highest BCUT2D eigenvalue weighted by molar-refractivity contribution is 14.1. The van der Waals surface area contributed by atoms with Crippen LogP contribution in [0.3, 0.4) is 0 Å². The molecule has 0 atom stereocenters. The van der Waals surface area contributed by atoms with Gasteiger partial charge in [-0.3, -0.25) is 9.59 Å². The summed E-state index contributed by atoms with van der Waals surface area (Å²) < 4.78 is 19.4. The Morgan fingerprint density at radius 2 is 1.83 bits per heavy atom. The summed E-state index contributed by atoms with van der Waals surface area (Å²) in [6.07, 6.45) is 0. The molecule has 0 aliphatic heterocycles. The molecule has 0 aromatic heterocycles. The minimum atomic E-state index is -0.624. The van der Waals surface area contributed by atoms with Gasteiger partial charge in [0.2, 0.25) is 0 Å². The van der Waals surface area contributed by atoms with Gasteiger partial charge in [0.15, 0.2) is 0 Å². The maximum atomic E-state index is 13.5. The molecule has 5 nitrogen and oxygen atoms in total. The lowest BCUT2D eigenvalue weighted by molar-refractivity contribution is -0.155. The molecule has 0 saturated carbocycles. The number of nitrogens with zero attached hydrogens (tertiary/aromatic N) is 2. The van der Waals surface area contributed by atoms with Crippen molar-refractivity contribution >= 4 is 34.5 Å². The molecule has 0 spiro atoms. The predicted molar refractivity (Wildman–Crippen MR) is 99.4 cm³/mol. The van der Waals surface area contributed by atoms with Crippen molar-refractivity contribution in [1.82, 2.24) is 9.80 Å². The number of benzene rings is 1. The maximum absolute atomic E-state index is 13.5. The lowest BCUT2D eigenvalue weighted by Gasteiger charge is -2.26. The van der Waals surface area contributed by atoms with Crippen molar-refractivity contribution in [2.75, 3.05) is 33.7 Å². The van der Waals surface area contributed by atoms with E-state index in [4.69, 9.17) is 4.74 Å². The van der Waals surface area contributed by atoms with Crippen LogP contribution >= 0.6 is 22.6 Å². The number of halogens is 2. The third kappa shape index (κ3) is 7.12. The van der Waals surface area contributed by atoms with Gasteiger partial charge in [0.1, 0.15) is 18.0 Å². The van der Waals surface area contributed by atoms with Crippen molar-refractivity contribution in [2.45, 2.75) is 26.4 Å². The summed E-state index contributed by atoms with van der Waals surface area (Å²) in [6.45, 7) is 6.07. The van der Waals surface area contributed by atoms with Gasteiger partial charge < -0.3 is 14.5 Å². The molecule has 1 rings (SSSR count). The number of likely N-dealkylation sites (N-methyl/N-ethyl adjacent to an activating group) is 1. The Labute approximate surface area is 156 Å². The average Bonchev–Trinajstić information content (AvgIpc) is 2.43. The highest BCUT2D eigenvalue weighted by Crippen LogP contribution is 2.17. The quantitative estimate of drug-likeness (QED) is 0.494. The zero-order chi connectivity index (χ0) is 18.5. The minimum Gasteiger partial charge on any atom is -0.459 e. The Hall–Kier alpha value is -1.22. The van der Waals surface area contributed by atoms with E-state index in [2.05, 4.69) is 0 Å². The summed E-state index contributed by atoms with van der Waals surface area (Å²) in [5.74, 6) is -1.35. The number of carbonyl (C=O) groups excluding carboxylic acids is 2. The third-order valence-electron chi connectivity index (χ3n) is 3.00. The lowest BCUT2D eigenvalue weighted by atomic mass is 10.2. The van der Waals surface area contributed by atoms with E-state index in [9.17, 15) is 14.0 Å².